The van der Waals surface area contributed by atoms with Gasteiger partial charge in [0.25, 0.3) is 11.8 Å². The van der Waals surface area contributed by atoms with Gasteiger partial charge in [0.1, 0.15) is 0 Å². The van der Waals surface area contributed by atoms with E-state index in [2.05, 4.69) is 15.5 Å². The van der Waals surface area contributed by atoms with Crippen molar-refractivity contribution < 1.29 is 14.1 Å². The SMILES string of the molecule is O=C(Nc1ccc(C(=O)N2CCc3ccccc32)cc1)c1cc(-c2cccnc2)on1. The Hall–Kier alpha value is -4.26. The van der Waals surface area contributed by atoms with Crippen LogP contribution in [0.4, 0.5) is 11.4 Å². The van der Waals surface area contributed by atoms with Crippen LogP contribution in [0.1, 0.15) is 26.4 Å². The molecule has 1 aliphatic rings. The van der Waals surface area contributed by atoms with Crippen LogP contribution in [0.25, 0.3) is 11.3 Å². The number of fused-ring (bicyclic) bond motifs is 1. The van der Waals surface area contributed by atoms with Gasteiger partial charge in [0, 0.05) is 47.5 Å². The quantitative estimate of drug-likeness (QED) is 0.545. The highest BCUT2D eigenvalue weighted by Gasteiger charge is 2.25. The van der Waals surface area contributed by atoms with Crippen LogP contribution in [0.3, 0.4) is 0 Å². The van der Waals surface area contributed by atoms with E-state index in [4.69, 9.17) is 4.52 Å². The Labute approximate surface area is 178 Å². The predicted octanol–water partition coefficient (Wildman–Crippen LogP) is 4.19. The molecule has 0 aliphatic carbocycles. The van der Waals surface area contributed by atoms with Crippen LogP contribution in [0.2, 0.25) is 0 Å². The zero-order valence-corrected chi connectivity index (χ0v) is 16.5. The van der Waals surface area contributed by atoms with Gasteiger partial charge in [0.05, 0.1) is 0 Å². The van der Waals surface area contributed by atoms with Crippen molar-refractivity contribution in [3.8, 4) is 11.3 Å². The fourth-order valence-electron chi connectivity index (χ4n) is 3.62. The molecule has 0 radical (unpaired) electrons. The summed E-state index contributed by atoms with van der Waals surface area (Å²) >= 11 is 0. The van der Waals surface area contributed by atoms with E-state index in [0.717, 1.165) is 17.7 Å². The van der Waals surface area contributed by atoms with E-state index in [9.17, 15) is 9.59 Å². The molecule has 4 aromatic rings. The van der Waals surface area contributed by atoms with Gasteiger partial charge < -0.3 is 14.7 Å². The fraction of sp³-hybridized carbons (Fsp3) is 0.0833. The molecule has 2 aromatic carbocycles. The van der Waals surface area contributed by atoms with Crippen molar-refractivity contribution in [3.05, 3.63) is 95.9 Å². The van der Waals surface area contributed by atoms with Crippen LogP contribution in [0, 0.1) is 0 Å². The fourth-order valence-corrected chi connectivity index (χ4v) is 3.62. The maximum atomic E-state index is 12.9. The van der Waals surface area contributed by atoms with Crippen LogP contribution in [-0.4, -0.2) is 28.5 Å². The number of benzene rings is 2. The summed E-state index contributed by atoms with van der Waals surface area (Å²) < 4.78 is 5.24. The van der Waals surface area contributed by atoms with Gasteiger partial charge in [-0.25, -0.2) is 0 Å². The minimum atomic E-state index is -0.397. The summed E-state index contributed by atoms with van der Waals surface area (Å²) in [6, 6.07) is 19.9. The Morgan fingerprint density at radius 3 is 2.65 bits per heavy atom. The van der Waals surface area contributed by atoms with E-state index in [1.807, 2.05) is 30.3 Å². The van der Waals surface area contributed by atoms with E-state index in [0.29, 0.717) is 23.6 Å². The molecule has 0 saturated carbocycles. The van der Waals surface area contributed by atoms with Gasteiger partial charge in [0.15, 0.2) is 11.5 Å². The number of aromatic nitrogens is 2. The Morgan fingerprint density at radius 1 is 1.00 bits per heavy atom. The molecule has 1 N–H and O–H groups in total. The molecule has 0 atom stereocenters. The normalized spacial score (nSPS) is 12.5. The number of pyridine rings is 1. The first kappa shape index (κ1) is 18.7. The summed E-state index contributed by atoms with van der Waals surface area (Å²) in [6.07, 6.45) is 4.15. The number of hydrogen-bond acceptors (Lipinski definition) is 5. The summed E-state index contributed by atoms with van der Waals surface area (Å²) in [5.74, 6) is 0.0111. The van der Waals surface area contributed by atoms with Crippen molar-refractivity contribution in [3.63, 3.8) is 0 Å². The molecule has 3 heterocycles. The Kier molecular flexibility index (Phi) is 4.76. The Morgan fingerprint density at radius 2 is 1.84 bits per heavy atom. The standard InChI is InChI=1S/C24H18N4O3/c29-23(20-14-22(31-27-20)18-5-3-12-25-15-18)26-19-9-7-17(8-10-19)24(30)28-13-11-16-4-1-2-6-21(16)28/h1-10,12,14-15H,11,13H2,(H,26,29). The van der Waals surface area contributed by atoms with Gasteiger partial charge in [-0.05, 0) is 54.4 Å². The van der Waals surface area contributed by atoms with E-state index in [1.54, 1.807) is 53.7 Å². The average molecular weight is 410 g/mol. The number of nitrogens with zero attached hydrogens (tertiary/aromatic N) is 3. The van der Waals surface area contributed by atoms with Crippen molar-refractivity contribution in [1.82, 2.24) is 10.1 Å². The topological polar surface area (TPSA) is 88.3 Å². The first-order valence-electron chi connectivity index (χ1n) is 9.87. The molecule has 152 valence electrons. The van der Waals surface area contributed by atoms with E-state index in [-0.39, 0.29) is 11.6 Å². The first-order chi connectivity index (χ1) is 15.2. The summed E-state index contributed by atoms with van der Waals surface area (Å²) in [6.45, 7) is 0.669. The van der Waals surface area contributed by atoms with Crippen LogP contribution < -0.4 is 10.2 Å². The third kappa shape index (κ3) is 3.69. The van der Waals surface area contributed by atoms with Gasteiger partial charge in [0.2, 0.25) is 0 Å². The molecular weight excluding hydrogens is 392 g/mol. The van der Waals surface area contributed by atoms with Crippen molar-refractivity contribution in [1.29, 1.82) is 0 Å². The second-order valence-electron chi connectivity index (χ2n) is 7.19. The van der Waals surface area contributed by atoms with Crippen LogP contribution in [-0.2, 0) is 6.42 Å². The molecule has 0 bridgehead atoms. The summed E-state index contributed by atoms with van der Waals surface area (Å²) in [5, 5.41) is 6.60. The van der Waals surface area contributed by atoms with E-state index >= 15 is 0 Å². The number of amides is 2. The van der Waals surface area contributed by atoms with Crippen molar-refractivity contribution >= 4 is 23.2 Å². The number of nitrogens with one attached hydrogen (secondary N) is 1. The summed E-state index contributed by atoms with van der Waals surface area (Å²) in [7, 11) is 0. The van der Waals surface area contributed by atoms with Crippen molar-refractivity contribution in [2.24, 2.45) is 0 Å². The lowest BCUT2D eigenvalue weighted by Crippen LogP contribution is -2.28. The number of para-hydroxylation sites is 1. The summed E-state index contributed by atoms with van der Waals surface area (Å²) in [4.78, 5) is 31.2. The highest BCUT2D eigenvalue weighted by atomic mass is 16.5. The smallest absolute Gasteiger partial charge is 0.277 e. The van der Waals surface area contributed by atoms with Crippen LogP contribution in [0.5, 0.6) is 0 Å². The second kappa shape index (κ2) is 7.87. The number of anilines is 2. The van der Waals surface area contributed by atoms with Gasteiger partial charge in [-0.1, -0.05) is 23.4 Å². The molecule has 1 aliphatic heterocycles. The van der Waals surface area contributed by atoms with Crippen molar-refractivity contribution in [2.75, 3.05) is 16.8 Å². The van der Waals surface area contributed by atoms with Gasteiger partial charge >= 0.3 is 0 Å². The second-order valence-corrected chi connectivity index (χ2v) is 7.19. The van der Waals surface area contributed by atoms with Crippen LogP contribution in [0.15, 0.2) is 83.6 Å². The largest absolute Gasteiger partial charge is 0.355 e. The number of rotatable bonds is 4. The predicted molar refractivity (Wildman–Crippen MR) is 116 cm³/mol. The molecule has 7 nitrogen and oxygen atoms in total. The van der Waals surface area contributed by atoms with Gasteiger partial charge in [-0.3, -0.25) is 14.6 Å². The summed E-state index contributed by atoms with van der Waals surface area (Å²) in [5.41, 5.74) is 4.16. The minimum Gasteiger partial charge on any atom is -0.355 e. The Bertz CT molecular complexity index is 1250. The Balaban J connectivity index is 1.27. The molecule has 7 heteroatoms. The number of carbonyl (C=O) groups is 2. The zero-order chi connectivity index (χ0) is 21.2. The van der Waals surface area contributed by atoms with Crippen LogP contribution >= 0.6 is 0 Å². The van der Waals surface area contributed by atoms with Gasteiger partial charge in [-0.2, -0.15) is 0 Å². The monoisotopic (exact) mass is 410 g/mol. The lowest BCUT2D eigenvalue weighted by atomic mass is 10.1. The van der Waals surface area contributed by atoms with Crippen molar-refractivity contribution in [2.45, 2.75) is 6.42 Å². The first-order valence-corrected chi connectivity index (χ1v) is 9.87. The van der Waals surface area contributed by atoms with Gasteiger partial charge in [-0.15, -0.1) is 0 Å². The van der Waals surface area contributed by atoms with E-state index < -0.39 is 5.91 Å². The molecule has 2 aromatic heterocycles. The minimum absolute atomic E-state index is 0.0551. The maximum Gasteiger partial charge on any atom is 0.277 e. The molecule has 0 unspecified atom stereocenters. The molecule has 31 heavy (non-hydrogen) atoms. The number of carbonyl (C=O) groups excluding carboxylic acids is 2. The zero-order valence-electron chi connectivity index (χ0n) is 16.5. The number of hydrogen-bond donors (Lipinski definition) is 1. The molecule has 2 amide bonds. The third-order valence-corrected chi connectivity index (χ3v) is 5.21. The lowest BCUT2D eigenvalue weighted by Gasteiger charge is -2.17. The van der Waals surface area contributed by atoms with E-state index in [1.165, 1.54) is 5.56 Å². The highest BCUT2D eigenvalue weighted by molar-refractivity contribution is 6.08. The molecular formula is C24H18N4O3. The maximum absolute atomic E-state index is 12.9. The average Bonchev–Trinajstić information content (AvgIpc) is 3.48. The molecule has 0 fully saturated rings. The molecule has 5 rings (SSSR count). The molecule has 0 saturated heterocycles. The lowest BCUT2D eigenvalue weighted by molar-refractivity contribution is 0.0987. The highest BCUT2D eigenvalue weighted by Crippen LogP contribution is 2.29. The third-order valence-electron chi connectivity index (χ3n) is 5.21. The molecule has 0 spiro atoms.